The molecule has 0 unspecified atom stereocenters. The van der Waals surface area contributed by atoms with Gasteiger partial charge in [-0.1, -0.05) is 54.2 Å². The zero-order valence-corrected chi connectivity index (χ0v) is 20.2. The normalized spacial score (nSPS) is 16.1. The Labute approximate surface area is 211 Å². The molecule has 1 atom stereocenters. The van der Waals surface area contributed by atoms with Crippen LogP contribution >= 0.6 is 11.8 Å². The Kier molecular flexibility index (Phi) is 6.63. The van der Waals surface area contributed by atoms with E-state index in [1.54, 1.807) is 6.07 Å². The van der Waals surface area contributed by atoms with E-state index in [4.69, 9.17) is 0 Å². The minimum Gasteiger partial charge on any atom is -0.352 e. The molecule has 0 spiro atoms. The van der Waals surface area contributed by atoms with E-state index >= 15 is 0 Å². The number of hydrogen-bond acceptors (Lipinski definition) is 7. The molecule has 1 aromatic heterocycles. The van der Waals surface area contributed by atoms with Gasteiger partial charge >= 0.3 is 0 Å². The number of thioether (sulfide) groups is 1. The Morgan fingerprint density at radius 3 is 2.64 bits per heavy atom. The highest BCUT2D eigenvalue weighted by Gasteiger charge is 2.42. The Morgan fingerprint density at radius 1 is 1.08 bits per heavy atom. The van der Waals surface area contributed by atoms with Gasteiger partial charge in [-0.3, -0.25) is 24.5 Å². The van der Waals surface area contributed by atoms with Crippen molar-refractivity contribution in [3.05, 3.63) is 77.5 Å². The molecule has 3 aromatic rings. The number of nitrogens with zero attached hydrogens (tertiary/aromatic N) is 4. The van der Waals surface area contributed by atoms with Crippen molar-refractivity contribution in [2.75, 3.05) is 11.1 Å². The fourth-order valence-electron chi connectivity index (χ4n) is 3.87. The molecule has 3 N–H and O–H groups in total. The lowest BCUT2D eigenvalue weighted by atomic mass is 10.1. The molecule has 0 saturated heterocycles. The second-order valence-electron chi connectivity index (χ2n) is 8.29. The van der Waals surface area contributed by atoms with Gasteiger partial charge in [-0.15, -0.1) is 0 Å². The molecule has 0 saturated carbocycles. The topological polar surface area (TPSA) is 132 Å². The van der Waals surface area contributed by atoms with Gasteiger partial charge in [-0.25, -0.2) is 9.89 Å². The van der Waals surface area contributed by atoms with Crippen LogP contribution in [0.5, 0.6) is 0 Å². The predicted octanol–water partition coefficient (Wildman–Crippen LogP) is 2.76. The molecule has 182 valence electrons. The third-order valence-electron chi connectivity index (χ3n) is 5.56. The van der Waals surface area contributed by atoms with Crippen LogP contribution in [-0.2, 0) is 20.9 Å². The number of carbonyl (C=O) groups is 3. The number of benzene rings is 2. The van der Waals surface area contributed by atoms with Crippen molar-refractivity contribution in [3.63, 3.8) is 0 Å². The van der Waals surface area contributed by atoms with E-state index in [-0.39, 0.29) is 29.9 Å². The van der Waals surface area contributed by atoms with Crippen LogP contribution in [-0.4, -0.2) is 55.6 Å². The van der Waals surface area contributed by atoms with E-state index in [0.717, 1.165) is 23.0 Å². The summed E-state index contributed by atoms with van der Waals surface area (Å²) in [7, 11) is 0. The SMILES string of the molecule is Cc1cc(NC(=O)CSC2=Nc3ccccc3C3=N[C@@H](CC(=O)NCc4ccccc4)C(=O)N23)n[nH]1. The number of para-hydroxylation sites is 1. The predicted molar refractivity (Wildman–Crippen MR) is 138 cm³/mol. The Bertz CT molecular complexity index is 1380. The standard InChI is InChI=1S/C25H23N7O3S/c1-15-11-20(31-30-15)29-22(34)14-36-25-28-18-10-6-5-9-17(18)23-27-19(24(35)32(23)25)12-21(33)26-13-16-7-3-2-4-8-16/h2-11,19H,12-14H2,1H3,(H,26,33)(H2,29,30,31,34)/t19-/m0/s1. The maximum absolute atomic E-state index is 13.3. The summed E-state index contributed by atoms with van der Waals surface area (Å²) in [6, 6.07) is 17.8. The van der Waals surface area contributed by atoms with Crippen molar-refractivity contribution in [1.82, 2.24) is 20.4 Å². The quantitative estimate of drug-likeness (QED) is 0.458. The molecule has 2 aromatic carbocycles. The number of aryl methyl sites for hydroxylation is 1. The Morgan fingerprint density at radius 2 is 1.86 bits per heavy atom. The lowest BCUT2D eigenvalue weighted by Gasteiger charge is -2.25. The highest BCUT2D eigenvalue weighted by atomic mass is 32.2. The molecule has 36 heavy (non-hydrogen) atoms. The van der Waals surface area contributed by atoms with Crippen LogP contribution in [0.15, 0.2) is 70.6 Å². The van der Waals surface area contributed by atoms with Crippen LogP contribution in [0.3, 0.4) is 0 Å². The van der Waals surface area contributed by atoms with Crippen LogP contribution < -0.4 is 10.6 Å². The first-order chi connectivity index (χ1) is 17.5. The van der Waals surface area contributed by atoms with Gasteiger partial charge in [0.05, 0.1) is 17.9 Å². The summed E-state index contributed by atoms with van der Waals surface area (Å²) in [5, 5.41) is 12.7. The minimum absolute atomic E-state index is 0.0200. The first-order valence-corrected chi connectivity index (χ1v) is 12.3. The summed E-state index contributed by atoms with van der Waals surface area (Å²) in [6.45, 7) is 2.21. The molecule has 11 heteroatoms. The van der Waals surface area contributed by atoms with E-state index in [0.29, 0.717) is 34.6 Å². The van der Waals surface area contributed by atoms with Gasteiger partial charge in [0.15, 0.2) is 11.0 Å². The van der Waals surface area contributed by atoms with Crippen molar-refractivity contribution in [2.45, 2.75) is 25.9 Å². The summed E-state index contributed by atoms with van der Waals surface area (Å²) >= 11 is 1.13. The number of aromatic nitrogens is 2. The van der Waals surface area contributed by atoms with Crippen molar-refractivity contribution in [2.24, 2.45) is 9.98 Å². The summed E-state index contributed by atoms with van der Waals surface area (Å²) in [4.78, 5) is 49.0. The van der Waals surface area contributed by atoms with Gasteiger partial charge in [0.2, 0.25) is 11.8 Å². The zero-order valence-electron chi connectivity index (χ0n) is 19.4. The fraction of sp³-hybridized carbons (Fsp3) is 0.200. The van der Waals surface area contributed by atoms with E-state index in [2.05, 4.69) is 30.8 Å². The number of rotatable bonds is 7. The van der Waals surface area contributed by atoms with Crippen LogP contribution in [0.1, 0.15) is 23.2 Å². The van der Waals surface area contributed by atoms with Crippen LogP contribution in [0, 0.1) is 6.92 Å². The summed E-state index contributed by atoms with van der Waals surface area (Å²) in [5.41, 5.74) is 3.16. The number of amidine groups is 2. The van der Waals surface area contributed by atoms with Crippen molar-refractivity contribution in [3.8, 4) is 0 Å². The van der Waals surface area contributed by atoms with Crippen LogP contribution in [0.25, 0.3) is 0 Å². The Balaban J connectivity index is 1.29. The molecular formula is C25H23N7O3S. The molecule has 0 aliphatic carbocycles. The summed E-state index contributed by atoms with van der Waals surface area (Å²) < 4.78 is 0. The fourth-order valence-corrected chi connectivity index (χ4v) is 4.67. The number of amides is 3. The van der Waals surface area contributed by atoms with Gasteiger partial charge in [-0.2, -0.15) is 5.10 Å². The molecule has 5 rings (SSSR count). The molecule has 0 radical (unpaired) electrons. The maximum atomic E-state index is 13.3. The van der Waals surface area contributed by atoms with Gasteiger partial charge in [0.1, 0.15) is 11.9 Å². The lowest BCUT2D eigenvalue weighted by Crippen LogP contribution is -2.42. The number of aromatic amines is 1. The van der Waals surface area contributed by atoms with E-state index < -0.39 is 6.04 Å². The van der Waals surface area contributed by atoms with Gasteiger partial charge in [0, 0.05) is 23.9 Å². The van der Waals surface area contributed by atoms with Gasteiger partial charge in [0.25, 0.3) is 5.91 Å². The Hall–Kier alpha value is -4.25. The van der Waals surface area contributed by atoms with Crippen molar-refractivity contribution >= 4 is 52.0 Å². The largest absolute Gasteiger partial charge is 0.352 e. The molecule has 2 aliphatic rings. The average Bonchev–Trinajstić information content (AvgIpc) is 3.44. The molecule has 3 heterocycles. The number of fused-ring (bicyclic) bond motifs is 3. The highest BCUT2D eigenvalue weighted by molar-refractivity contribution is 8.14. The number of H-pyrrole nitrogens is 1. The number of anilines is 1. The van der Waals surface area contributed by atoms with Crippen LogP contribution in [0.2, 0.25) is 0 Å². The summed E-state index contributed by atoms with van der Waals surface area (Å²) in [5.74, 6) is -0.00692. The van der Waals surface area contributed by atoms with Crippen molar-refractivity contribution < 1.29 is 14.4 Å². The third kappa shape index (κ3) is 5.05. The number of carbonyl (C=O) groups excluding carboxylic acids is 3. The molecule has 0 bridgehead atoms. The van der Waals surface area contributed by atoms with Gasteiger partial charge < -0.3 is 10.6 Å². The van der Waals surface area contributed by atoms with Crippen LogP contribution in [0.4, 0.5) is 11.5 Å². The zero-order chi connectivity index (χ0) is 25.1. The van der Waals surface area contributed by atoms with E-state index in [1.165, 1.54) is 4.90 Å². The van der Waals surface area contributed by atoms with E-state index in [9.17, 15) is 14.4 Å². The maximum Gasteiger partial charge on any atom is 0.259 e. The molecular weight excluding hydrogens is 478 g/mol. The molecule has 3 amide bonds. The molecule has 10 nitrogen and oxygen atoms in total. The van der Waals surface area contributed by atoms with Crippen molar-refractivity contribution in [1.29, 1.82) is 0 Å². The smallest absolute Gasteiger partial charge is 0.259 e. The first kappa shape index (κ1) is 23.5. The average molecular weight is 502 g/mol. The van der Waals surface area contributed by atoms with Gasteiger partial charge in [-0.05, 0) is 24.6 Å². The van der Waals surface area contributed by atoms with E-state index in [1.807, 2.05) is 61.5 Å². The summed E-state index contributed by atoms with van der Waals surface area (Å²) in [6.07, 6.45) is -0.0786. The third-order valence-corrected chi connectivity index (χ3v) is 6.50. The number of aliphatic imine (C=N–C) groups is 2. The minimum atomic E-state index is -0.867. The second-order valence-corrected chi connectivity index (χ2v) is 9.24. The number of hydrogen-bond donors (Lipinski definition) is 3. The number of nitrogens with one attached hydrogen (secondary N) is 3. The monoisotopic (exact) mass is 501 g/mol. The molecule has 2 aliphatic heterocycles. The first-order valence-electron chi connectivity index (χ1n) is 11.3. The highest BCUT2D eigenvalue weighted by Crippen LogP contribution is 2.34. The lowest BCUT2D eigenvalue weighted by molar-refractivity contribution is -0.128. The molecule has 0 fully saturated rings. The second kappa shape index (κ2) is 10.2.